The second-order valence-electron chi connectivity index (χ2n) is 9.88. The normalized spacial score (nSPS) is 21.0. The smallest absolute Gasteiger partial charge is 0.333 e. The highest BCUT2D eigenvalue weighted by Gasteiger charge is 2.45. The number of hydrogen-bond acceptors (Lipinski definition) is 8. The molecule has 3 atom stereocenters. The van der Waals surface area contributed by atoms with E-state index in [0.29, 0.717) is 25.7 Å². The molecule has 33 heavy (non-hydrogen) atoms. The molecule has 1 aliphatic carbocycles. The van der Waals surface area contributed by atoms with Gasteiger partial charge in [0.1, 0.15) is 24.4 Å². The van der Waals surface area contributed by atoms with Gasteiger partial charge in [0.25, 0.3) is 0 Å². The van der Waals surface area contributed by atoms with Crippen LogP contribution >= 0.6 is 0 Å². The van der Waals surface area contributed by atoms with E-state index in [1.165, 1.54) is 6.92 Å². The first kappa shape index (κ1) is 28.7. The topological polar surface area (TPSA) is 105 Å². The molecular formula is C25H40O8. The maximum atomic E-state index is 12.9. The van der Waals surface area contributed by atoms with Crippen molar-refractivity contribution >= 4 is 23.9 Å². The summed E-state index contributed by atoms with van der Waals surface area (Å²) in [5.41, 5.74) is -1.03. The Hall–Kier alpha value is -2.38. The third kappa shape index (κ3) is 9.18. The third-order valence-electron chi connectivity index (χ3n) is 6.16. The lowest BCUT2D eigenvalue weighted by molar-refractivity contribution is -0.177. The van der Waals surface area contributed by atoms with Gasteiger partial charge in [0.15, 0.2) is 0 Å². The molecule has 0 bridgehead atoms. The Labute approximate surface area is 197 Å². The summed E-state index contributed by atoms with van der Waals surface area (Å²) >= 11 is 0. The van der Waals surface area contributed by atoms with Gasteiger partial charge in [0.05, 0.1) is 17.8 Å². The molecule has 1 saturated carbocycles. The van der Waals surface area contributed by atoms with E-state index < -0.39 is 46.9 Å². The first-order valence-electron chi connectivity index (χ1n) is 11.7. The number of ether oxygens (including phenoxy) is 4. The molecule has 0 spiro atoms. The van der Waals surface area contributed by atoms with Crippen LogP contribution in [-0.4, -0.2) is 48.3 Å². The maximum absolute atomic E-state index is 12.9. The first-order chi connectivity index (χ1) is 15.2. The zero-order valence-corrected chi connectivity index (χ0v) is 21.2. The van der Waals surface area contributed by atoms with Crippen LogP contribution in [0.3, 0.4) is 0 Å². The van der Waals surface area contributed by atoms with Crippen LogP contribution in [0.2, 0.25) is 0 Å². The van der Waals surface area contributed by atoms with Gasteiger partial charge in [-0.25, -0.2) is 4.79 Å². The van der Waals surface area contributed by atoms with Crippen molar-refractivity contribution in [3.8, 4) is 0 Å². The van der Waals surface area contributed by atoms with Crippen LogP contribution in [-0.2, 0) is 38.1 Å². The molecule has 0 radical (unpaired) electrons. The average Bonchev–Trinajstić information content (AvgIpc) is 2.75. The fourth-order valence-corrected chi connectivity index (χ4v) is 3.28. The summed E-state index contributed by atoms with van der Waals surface area (Å²) in [4.78, 5) is 50.0. The molecule has 0 saturated heterocycles. The molecule has 1 rings (SSSR count). The quantitative estimate of drug-likeness (QED) is 0.193. The van der Waals surface area contributed by atoms with Gasteiger partial charge in [-0.15, -0.1) is 0 Å². The zero-order valence-electron chi connectivity index (χ0n) is 21.2. The Bertz CT molecular complexity index is 737. The van der Waals surface area contributed by atoms with Gasteiger partial charge in [-0.1, -0.05) is 20.4 Å². The van der Waals surface area contributed by atoms with E-state index in [4.69, 9.17) is 18.9 Å². The largest absolute Gasteiger partial charge is 0.462 e. The molecule has 8 heteroatoms. The molecule has 0 aromatic rings. The lowest BCUT2D eigenvalue weighted by Gasteiger charge is -2.35. The summed E-state index contributed by atoms with van der Waals surface area (Å²) in [6.45, 7) is 15.8. The number of hydrogen-bond donors (Lipinski definition) is 0. The average molecular weight is 469 g/mol. The Morgan fingerprint density at radius 1 is 0.788 bits per heavy atom. The molecule has 0 aromatic heterocycles. The van der Waals surface area contributed by atoms with Gasteiger partial charge in [0, 0.05) is 5.57 Å². The van der Waals surface area contributed by atoms with Crippen LogP contribution in [0, 0.1) is 17.8 Å². The van der Waals surface area contributed by atoms with E-state index in [2.05, 4.69) is 6.58 Å². The minimum Gasteiger partial charge on any atom is -0.462 e. The molecule has 0 N–H and O–H groups in total. The minimum absolute atomic E-state index is 0.127. The molecule has 188 valence electrons. The predicted molar refractivity (Wildman–Crippen MR) is 122 cm³/mol. The number of rotatable bonds is 11. The Balaban J connectivity index is 2.91. The second-order valence-corrected chi connectivity index (χ2v) is 9.88. The highest BCUT2D eigenvalue weighted by molar-refractivity contribution is 5.87. The van der Waals surface area contributed by atoms with Gasteiger partial charge >= 0.3 is 23.9 Å². The number of carbonyl (C=O) groups is 4. The molecule has 3 unspecified atom stereocenters. The van der Waals surface area contributed by atoms with Crippen molar-refractivity contribution in [2.24, 2.45) is 17.8 Å². The molecule has 8 nitrogen and oxygen atoms in total. The van der Waals surface area contributed by atoms with E-state index in [9.17, 15) is 19.2 Å². The third-order valence-corrected chi connectivity index (χ3v) is 6.16. The van der Waals surface area contributed by atoms with Gasteiger partial charge in [-0.2, -0.15) is 0 Å². The monoisotopic (exact) mass is 468 g/mol. The Kier molecular flexibility index (Phi) is 10.6. The van der Waals surface area contributed by atoms with E-state index in [-0.39, 0.29) is 31.2 Å². The van der Waals surface area contributed by atoms with Crippen molar-refractivity contribution in [3.63, 3.8) is 0 Å². The number of esters is 4. The van der Waals surface area contributed by atoms with Crippen LogP contribution < -0.4 is 0 Å². The van der Waals surface area contributed by atoms with Crippen molar-refractivity contribution in [3.05, 3.63) is 12.2 Å². The minimum atomic E-state index is -0.849. The van der Waals surface area contributed by atoms with Crippen LogP contribution in [0.5, 0.6) is 0 Å². The van der Waals surface area contributed by atoms with Gasteiger partial charge in [0.2, 0.25) is 0 Å². The summed E-state index contributed by atoms with van der Waals surface area (Å²) < 4.78 is 21.5. The van der Waals surface area contributed by atoms with Crippen molar-refractivity contribution in [1.82, 2.24) is 0 Å². The van der Waals surface area contributed by atoms with Gasteiger partial charge < -0.3 is 18.9 Å². The predicted octanol–water partition coefficient (Wildman–Crippen LogP) is 4.15. The van der Waals surface area contributed by atoms with Crippen LogP contribution in [0.25, 0.3) is 0 Å². The molecule has 0 aliphatic heterocycles. The van der Waals surface area contributed by atoms with Crippen molar-refractivity contribution < 1.29 is 38.1 Å². The Morgan fingerprint density at radius 3 is 1.82 bits per heavy atom. The van der Waals surface area contributed by atoms with Crippen molar-refractivity contribution in [2.75, 3.05) is 13.2 Å². The summed E-state index contributed by atoms with van der Waals surface area (Å²) in [7, 11) is 0. The fourth-order valence-electron chi connectivity index (χ4n) is 3.28. The summed E-state index contributed by atoms with van der Waals surface area (Å²) in [6.07, 6.45) is 2.15. The fraction of sp³-hybridized carbons (Fsp3) is 0.760. The highest BCUT2D eigenvalue weighted by Crippen LogP contribution is 2.38. The molecular weight excluding hydrogens is 428 g/mol. The highest BCUT2D eigenvalue weighted by atomic mass is 16.6. The van der Waals surface area contributed by atoms with E-state index in [1.54, 1.807) is 0 Å². The molecule has 0 aromatic carbocycles. The van der Waals surface area contributed by atoms with E-state index in [1.807, 2.05) is 41.5 Å². The van der Waals surface area contributed by atoms with Crippen molar-refractivity contribution in [2.45, 2.75) is 91.8 Å². The standard InChI is InChI=1S/C25H40O8/c1-9-24(5,6)32-21(27)17-11-12-18(23(29)33-25(7,8)10-2)19(15-17)22(28)31-14-13-30-20(26)16(3)4/h17-19H,3,9-15H2,1-2,4-8H3. The van der Waals surface area contributed by atoms with E-state index in [0.717, 1.165) is 0 Å². The maximum Gasteiger partial charge on any atom is 0.333 e. The molecule has 1 aliphatic rings. The van der Waals surface area contributed by atoms with Crippen LogP contribution in [0.15, 0.2) is 12.2 Å². The summed E-state index contributed by atoms with van der Waals surface area (Å²) in [6, 6.07) is 0. The van der Waals surface area contributed by atoms with Crippen molar-refractivity contribution in [1.29, 1.82) is 0 Å². The molecule has 0 heterocycles. The number of carbonyl (C=O) groups excluding carboxylic acids is 4. The summed E-state index contributed by atoms with van der Waals surface area (Å²) in [5.74, 6) is -4.13. The lowest BCUT2D eigenvalue weighted by atomic mass is 9.73. The SMILES string of the molecule is C=C(C)C(=O)OCCOC(=O)C1CC(C(=O)OC(C)(C)CC)CCC1C(=O)OC(C)(C)CC. The Morgan fingerprint density at radius 2 is 1.30 bits per heavy atom. The summed E-state index contributed by atoms with van der Waals surface area (Å²) in [5, 5.41) is 0. The van der Waals surface area contributed by atoms with Gasteiger partial charge in [-0.3, -0.25) is 14.4 Å². The molecule has 0 amide bonds. The molecule has 1 fully saturated rings. The van der Waals surface area contributed by atoms with E-state index >= 15 is 0 Å². The second kappa shape index (κ2) is 12.2. The van der Waals surface area contributed by atoms with Crippen LogP contribution in [0.4, 0.5) is 0 Å². The van der Waals surface area contributed by atoms with Gasteiger partial charge in [-0.05, 0) is 66.7 Å². The van der Waals surface area contributed by atoms with Crippen LogP contribution in [0.1, 0.15) is 80.6 Å². The lowest BCUT2D eigenvalue weighted by Crippen LogP contribution is -2.43. The zero-order chi connectivity index (χ0) is 25.4. The first-order valence-corrected chi connectivity index (χ1v) is 11.7.